The van der Waals surface area contributed by atoms with Crippen LogP contribution in [0.4, 0.5) is 0 Å². The van der Waals surface area contributed by atoms with Gasteiger partial charge in [-0.15, -0.1) is 0 Å². The second-order valence-corrected chi connectivity index (χ2v) is 4.38. The Morgan fingerprint density at radius 1 is 1.60 bits per heavy atom. The summed E-state index contributed by atoms with van der Waals surface area (Å²) >= 11 is 0. The molecule has 0 saturated heterocycles. The maximum atomic E-state index is 11.1. The molecule has 0 saturated carbocycles. The minimum atomic E-state index is -2.33. The smallest absolute Gasteiger partial charge is 0.230 e. The van der Waals surface area contributed by atoms with Gasteiger partial charge < -0.3 is 0 Å². The van der Waals surface area contributed by atoms with E-state index in [-0.39, 0.29) is 5.91 Å². The Morgan fingerprint density at radius 3 is 2.40 bits per heavy atom. The molecule has 0 rings (SSSR count). The van der Waals surface area contributed by atoms with Gasteiger partial charge in [0.2, 0.25) is 5.91 Å². The molecule has 1 unspecified atom stereocenters. The molecule has 0 radical (unpaired) electrons. The Kier molecular flexibility index (Phi) is 3.42. The largest absolute Gasteiger partial charge is 0.283 e. The SMILES string of the molecule is C=S(=O)(CC)NC(=O)CC. The lowest BCUT2D eigenvalue weighted by Crippen LogP contribution is -2.30. The second kappa shape index (κ2) is 3.61. The highest BCUT2D eigenvalue weighted by Gasteiger charge is 2.02. The minimum absolute atomic E-state index is 0.207. The first-order chi connectivity index (χ1) is 4.52. The Morgan fingerprint density at radius 2 is 2.10 bits per heavy atom. The zero-order valence-electron chi connectivity index (χ0n) is 6.35. The van der Waals surface area contributed by atoms with Crippen molar-refractivity contribution in [3.63, 3.8) is 0 Å². The van der Waals surface area contributed by atoms with Crippen molar-refractivity contribution in [1.29, 1.82) is 0 Å². The standard InChI is InChI=1S/C6H13NO2S/c1-4-6(8)7-10(3,9)5-2/h3-5H2,1-2H3,(H,7,8,9). The first kappa shape index (κ1) is 9.49. The highest BCUT2D eigenvalue weighted by Crippen LogP contribution is 1.84. The molecule has 0 aromatic carbocycles. The van der Waals surface area contributed by atoms with Gasteiger partial charge in [0.15, 0.2) is 0 Å². The summed E-state index contributed by atoms with van der Waals surface area (Å²) in [6.45, 7) is 3.44. The molecule has 0 heterocycles. The van der Waals surface area contributed by atoms with E-state index in [2.05, 4.69) is 10.6 Å². The molecule has 0 fully saturated rings. The van der Waals surface area contributed by atoms with Crippen LogP contribution in [0.3, 0.4) is 0 Å². The molecule has 1 amide bonds. The van der Waals surface area contributed by atoms with Crippen molar-refractivity contribution in [1.82, 2.24) is 4.72 Å². The van der Waals surface area contributed by atoms with E-state index in [4.69, 9.17) is 0 Å². The lowest BCUT2D eigenvalue weighted by molar-refractivity contribution is -0.118. The zero-order chi connectivity index (χ0) is 8.20. The van der Waals surface area contributed by atoms with Crippen LogP contribution in [0.5, 0.6) is 0 Å². The van der Waals surface area contributed by atoms with Gasteiger partial charge in [-0.2, -0.15) is 0 Å². The van der Waals surface area contributed by atoms with Crippen molar-refractivity contribution < 1.29 is 9.00 Å². The average molecular weight is 163 g/mol. The van der Waals surface area contributed by atoms with E-state index < -0.39 is 9.71 Å². The summed E-state index contributed by atoms with van der Waals surface area (Å²) in [4.78, 5) is 10.7. The van der Waals surface area contributed by atoms with Gasteiger partial charge in [0, 0.05) is 21.9 Å². The number of hydrogen-bond donors (Lipinski definition) is 1. The molecule has 0 aromatic heterocycles. The van der Waals surface area contributed by atoms with Crippen LogP contribution in [0.15, 0.2) is 0 Å². The fourth-order valence-electron chi connectivity index (χ4n) is 0.352. The van der Waals surface area contributed by atoms with Crippen LogP contribution in [0.2, 0.25) is 0 Å². The molecule has 4 heteroatoms. The van der Waals surface area contributed by atoms with E-state index in [1.807, 2.05) is 0 Å². The molecule has 0 aliphatic carbocycles. The maximum Gasteiger partial charge on any atom is 0.230 e. The predicted octanol–water partition coefficient (Wildman–Crippen LogP) is 0.164. The minimum Gasteiger partial charge on any atom is -0.283 e. The fraction of sp³-hybridized carbons (Fsp3) is 0.667. The molecule has 1 atom stereocenters. The van der Waals surface area contributed by atoms with Crippen molar-refractivity contribution in [3.05, 3.63) is 0 Å². The third-order valence-corrected chi connectivity index (χ3v) is 2.62. The van der Waals surface area contributed by atoms with E-state index in [1.54, 1.807) is 13.8 Å². The van der Waals surface area contributed by atoms with Crippen LogP contribution in [0, 0.1) is 0 Å². The quantitative estimate of drug-likeness (QED) is 0.603. The summed E-state index contributed by atoms with van der Waals surface area (Å²) in [6, 6.07) is 0. The Labute approximate surface area is 62.0 Å². The van der Waals surface area contributed by atoms with Crippen LogP contribution in [0.1, 0.15) is 20.3 Å². The summed E-state index contributed by atoms with van der Waals surface area (Å²) in [5, 5.41) is 0. The molecule has 0 bridgehead atoms. The summed E-state index contributed by atoms with van der Waals surface area (Å²) in [7, 11) is -2.33. The van der Waals surface area contributed by atoms with Crippen molar-refractivity contribution >= 4 is 21.5 Å². The van der Waals surface area contributed by atoms with Gasteiger partial charge in [-0.25, -0.2) is 4.21 Å². The van der Waals surface area contributed by atoms with E-state index in [0.717, 1.165) is 0 Å². The van der Waals surface area contributed by atoms with Crippen LogP contribution < -0.4 is 4.72 Å². The van der Waals surface area contributed by atoms with E-state index >= 15 is 0 Å². The van der Waals surface area contributed by atoms with Crippen molar-refractivity contribution in [2.24, 2.45) is 0 Å². The molecule has 3 nitrogen and oxygen atoms in total. The molecule has 0 spiro atoms. The Bertz CT molecular complexity index is 206. The lowest BCUT2D eigenvalue weighted by Gasteiger charge is -2.06. The second-order valence-electron chi connectivity index (χ2n) is 1.98. The summed E-state index contributed by atoms with van der Waals surface area (Å²) < 4.78 is 13.4. The topological polar surface area (TPSA) is 46.2 Å². The normalized spacial score (nSPS) is 15.8. The van der Waals surface area contributed by atoms with Gasteiger partial charge in [0.25, 0.3) is 0 Å². The molecule has 0 aliphatic rings. The Balaban J connectivity index is 4.03. The monoisotopic (exact) mass is 163 g/mol. The van der Waals surface area contributed by atoms with Gasteiger partial charge in [-0.05, 0) is 5.87 Å². The summed E-state index contributed by atoms with van der Waals surface area (Å²) in [5.41, 5.74) is 0. The van der Waals surface area contributed by atoms with Crippen LogP contribution in [-0.2, 0) is 14.5 Å². The molecule has 0 aromatic rings. The van der Waals surface area contributed by atoms with Gasteiger partial charge in [0.1, 0.15) is 0 Å². The number of nitrogens with one attached hydrogen (secondary N) is 1. The van der Waals surface area contributed by atoms with Gasteiger partial charge in [0.05, 0.1) is 0 Å². The van der Waals surface area contributed by atoms with Crippen molar-refractivity contribution in [2.75, 3.05) is 5.75 Å². The van der Waals surface area contributed by atoms with Gasteiger partial charge >= 0.3 is 0 Å². The van der Waals surface area contributed by atoms with Crippen molar-refractivity contribution in [2.45, 2.75) is 20.3 Å². The Hall–Kier alpha value is -0.510. The number of carbonyl (C=O) groups is 1. The molecular formula is C6H13NO2S. The number of amides is 1. The molecular weight excluding hydrogens is 150 g/mol. The first-order valence-corrected chi connectivity index (χ1v) is 5.07. The number of hydrogen-bond acceptors (Lipinski definition) is 2. The third-order valence-electron chi connectivity index (χ3n) is 1.09. The molecule has 1 N–H and O–H groups in total. The zero-order valence-corrected chi connectivity index (χ0v) is 7.16. The number of carbonyl (C=O) groups excluding carboxylic acids is 1. The van der Waals surface area contributed by atoms with Gasteiger partial charge in [-0.3, -0.25) is 9.52 Å². The summed E-state index contributed by atoms with van der Waals surface area (Å²) in [6.07, 6.45) is 0.354. The fourth-order valence-corrected chi connectivity index (χ4v) is 1.06. The highest BCUT2D eigenvalue weighted by atomic mass is 32.2. The molecule has 60 valence electrons. The maximum absolute atomic E-state index is 11.1. The van der Waals surface area contributed by atoms with Crippen LogP contribution >= 0.6 is 0 Å². The van der Waals surface area contributed by atoms with E-state index in [9.17, 15) is 9.00 Å². The van der Waals surface area contributed by atoms with E-state index in [0.29, 0.717) is 12.2 Å². The van der Waals surface area contributed by atoms with Crippen LogP contribution in [-0.4, -0.2) is 21.7 Å². The molecule has 10 heavy (non-hydrogen) atoms. The van der Waals surface area contributed by atoms with E-state index in [1.165, 1.54) is 0 Å². The molecule has 0 aliphatic heterocycles. The van der Waals surface area contributed by atoms with Crippen molar-refractivity contribution in [3.8, 4) is 0 Å². The predicted molar refractivity (Wildman–Crippen MR) is 44.2 cm³/mol. The van der Waals surface area contributed by atoms with Crippen LogP contribution in [0.25, 0.3) is 0 Å². The first-order valence-electron chi connectivity index (χ1n) is 3.17. The summed E-state index contributed by atoms with van der Waals surface area (Å²) in [5.74, 6) is 3.55. The average Bonchev–Trinajstić information content (AvgIpc) is 1.87. The third kappa shape index (κ3) is 3.50. The highest BCUT2D eigenvalue weighted by molar-refractivity contribution is 7.98. The lowest BCUT2D eigenvalue weighted by atomic mass is 10.5. The van der Waals surface area contributed by atoms with Gasteiger partial charge in [-0.1, -0.05) is 13.8 Å². The number of rotatable bonds is 3.